The maximum Gasteiger partial charge on any atom is 0.125 e. The fraction of sp³-hybridized carbons (Fsp3) is 0.500. The Balaban J connectivity index is 1.69. The third kappa shape index (κ3) is 3.39. The average molecular weight is 331 g/mol. The monoisotopic (exact) mass is 331 g/mol. The van der Waals surface area contributed by atoms with Gasteiger partial charge in [0, 0.05) is 37.5 Å². The third-order valence-corrected chi connectivity index (χ3v) is 4.56. The number of aryl methyl sites for hydroxylation is 2. The number of aliphatic hydroxyl groups is 1. The standard InChI is InChI=1S/C18H25N3O3/c1-20-10-13(9-19-20)5-4-8-21-11-14-16(23-2)6-7-17(24-3)18(14)15(22)12-21/h6-7,9-10,15,22H,4-5,8,11-12H2,1-3H3/t15-/m0/s1. The molecule has 1 aliphatic rings. The highest BCUT2D eigenvalue weighted by molar-refractivity contribution is 5.51. The van der Waals surface area contributed by atoms with Crippen LogP contribution in [-0.2, 0) is 20.0 Å². The minimum atomic E-state index is -0.558. The first-order valence-corrected chi connectivity index (χ1v) is 8.24. The Morgan fingerprint density at radius 2 is 2.00 bits per heavy atom. The van der Waals surface area contributed by atoms with Crippen molar-refractivity contribution in [1.82, 2.24) is 14.7 Å². The molecule has 1 N–H and O–H groups in total. The normalized spacial score (nSPS) is 17.6. The molecule has 0 radical (unpaired) electrons. The van der Waals surface area contributed by atoms with Gasteiger partial charge in [-0.05, 0) is 37.1 Å². The van der Waals surface area contributed by atoms with Crippen LogP contribution in [0.5, 0.6) is 11.5 Å². The van der Waals surface area contributed by atoms with Crippen LogP contribution in [0.4, 0.5) is 0 Å². The largest absolute Gasteiger partial charge is 0.496 e. The van der Waals surface area contributed by atoms with Crippen molar-refractivity contribution >= 4 is 0 Å². The van der Waals surface area contributed by atoms with Crippen LogP contribution in [0.15, 0.2) is 24.5 Å². The lowest BCUT2D eigenvalue weighted by Gasteiger charge is -2.34. The van der Waals surface area contributed by atoms with Crippen molar-refractivity contribution in [3.8, 4) is 11.5 Å². The lowest BCUT2D eigenvalue weighted by molar-refractivity contribution is 0.0878. The van der Waals surface area contributed by atoms with E-state index in [1.165, 1.54) is 5.56 Å². The molecule has 1 atom stereocenters. The molecule has 0 aliphatic carbocycles. The molecule has 6 nitrogen and oxygen atoms in total. The molecule has 0 spiro atoms. The Bertz CT molecular complexity index is 699. The Morgan fingerprint density at radius 3 is 2.67 bits per heavy atom. The number of β-amino-alcohol motifs (C(OH)–C–C–N with tert-alkyl or cyclic N) is 1. The molecule has 0 saturated heterocycles. The van der Waals surface area contributed by atoms with Gasteiger partial charge in [0.05, 0.1) is 26.5 Å². The Hall–Kier alpha value is -2.05. The summed E-state index contributed by atoms with van der Waals surface area (Å²) in [6.45, 7) is 2.30. The number of methoxy groups -OCH3 is 2. The number of ether oxygens (including phenoxy) is 2. The number of aromatic nitrogens is 2. The van der Waals surface area contributed by atoms with Crippen LogP contribution < -0.4 is 9.47 Å². The highest BCUT2D eigenvalue weighted by Crippen LogP contribution is 2.39. The quantitative estimate of drug-likeness (QED) is 0.876. The number of rotatable bonds is 6. The van der Waals surface area contributed by atoms with Gasteiger partial charge in [-0.2, -0.15) is 5.10 Å². The minimum Gasteiger partial charge on any atom is -0.496 e. The summed E-state index contributed by atoms with van der Waals surface area (Å²) >= 11 is 0. The summed E-state index contributed by atoms with van der Waals surface area (Å²) in [6, 6.07) is 3.77. The molecular formula is C18H25N3O3. The molecular weight excluding hydrogens is 306 g/mol. The van der Waals surface area contributed by atoms with E-state index in [0.717, 1.165) is 48.6 Å². The van der Waals surface area contributed by atoms with Crippen molar-refractivity contribution < 1.29 is 14.6 Å². The van der Waals surface area contributed by atoms with Crippen molar-refractivity contribution in [3.05, 3.63) is 41.2 Å². The van der Waals surface area contributed by atoms with Gasteiger partial charge >= 0.3 is 0 Å². The van der Waals surface area contributed by atoms with Gasteiger partial charge in [-0.1, -0.05) is 0 Å². The smallest absolute Gasteiger partial charge is 0.125 e. The zero-order valence-corrected chi connectivity index (χ0v) is 14.5. The van der Waals surface area contributed by atoms with E-state index in [4.69, 9.17) is 9.47 Å². The summed E-state index contributed by atoms with van der Waals surface area (Å²) in [5.41, 5.74) is 3.13. The lowest BCUT2D eigenvalue weighted by Crippen LogP contribution is -2.35. The Labute approximate surface area is 142 Å². The molecule has 3 rings (SSSR count). The van der Waals surface area contributed by atoms with E-state index in [1.807, 2.05) is 36.3 Å². The minimum absolute atomic E-state index is 0.558. The van der Waals surface area contributed by atoms with Crippen LogP contribution in [0.25, 0.3) is 0 Å². The molecule has 130 valence electrons. The molecule has 0 fully saturated rings. The molecule has 1 aromatic heterocycles. The Kier molecular flexibility index (Phi) is 5.06. The SMILES string of the molecule is COc1ccc(OC)c2c1CN(CCCc1cnn(C)c1)C[C@@H]2O. The number of hydrogen-bond donors (Lipinski definition) is 1. The van der Waals surface area contributed by atoms with Crippen molar-refractivity contribution in [3.63, 3.8) is 0 Å². The average Bonchev–Trinajstić information content (AvgIpc) is 2.99. The van der Waals surface area contributed by atoms with Gasteiger partial charge in [-0.25, -0.2) is 0 Å². The van der Waals surface area contributed by atoms with Gasteiger partial charge in [0.25, 0.3) is 0 Å². The fourth-order valence-electron chi connectivity index (χ4n) is 3.42. The zero-order valence-electron chi connectivity index (χ0n) is 14.5. The van der Waals surface area contributed by atoms with Crippen molar-refractivity contribution in [2.24, 2.45) is 7.05 Å². The molecule has 0 unspecified atom stereocenters. The van der Waals surface area contributed by atoms with E-state index in [0.29, 0.717) is 6.54 Å². The molecule has 1 aromatic carbocycles. The first-order valence-electron chi connectivity index (χ1n) is 8.24. The van der Waals surface area contributed by atoms with Gasteiger partial charge in [0.1, 0.15) is 11.5 Å². The van der Waals surface area contributed by atoms with Gasteiger partial charge in [-0.15, -0.1) is 0 Å². The van der Waals surface area contributed by atoms with Gasteiger partial charge in [0.2, 0.25) is 0 Å². The summed E-state index contributed by atoms with van der Waals surface area (Å²) in [5, 5.41) is 14.8. The molecule has 2 heterocycles. The first kappa shape index (κ1) is 16.8. The maximum atomic E-state index is 10.6. The van der Waals surface area contributed by atoms with Gasteiger partial charge in [-0.3, -0.25) is 9.58 Å². The zero-order chi connectivity index (χ0) is 17.1. The predicted molar refractivity (Wildman–Crippen MR) is 91.3 cm³/mol. The molecule has 0 amide bonds. The lowest BCUT2D eigenvalue weighted by atomic mass is 9.95. The first-order chi connectivity index (χ1) is 11.6. The van der Waals surface area contributed by atoms with Crippen LogP contribution in [0.3, 0.4) is 0 Å². The van der Waals surface area contributed by atoms with Crippen LogP contribution in [-0.4, -0.2) is 47.1 Å². The van der Waals surface area contributed by atoms with Gasteiger partial charge < -0.3 is 14.6 Å². The third-order valence-electron chi connectivity index (χ3n) is 4.56. The summed E-state index contributed by atoms with van der Waals surface area (Å²) in [5.74, 6) is 1.54. The summed E-state index contributed by atoms with van der Waals surface area (Å²) in [4.78, 5) is 2.27. The summed E-state index contributed by atoms with van der Waals surface area (Å²) in [6.07, 6.45) is 5.42. The topological polar surface area (TPSA) is 59.8 Å². The summed E-state index contributed by atoms with van der Waals surface area (Å²) < 4.78 is 12.7. The van der Waals surface area contributed by atoms with E-state index in [9.17, 15) is 5.11 Å². The second kappa shape index (κ2) is 7.23. The maximum absolute atomic E-state index is 10.6. The molecule has 0 bridgehead atoms. The van der Waals surface area contributed by atoms with Crippen molar-refractivity contribution in [2.45, 2.75) is 25.5 Å². The molecule has 24 heavy (non-hydrogen) atoms. The van der Waals surface area contributed by atoms with E-state index in [-0.39, 0.29) is 0 Å². The highest BCUT2D eigenvalue weighted by Gasteiger charge is 2.29. The summed E-state index contributed by atoms with van der Waals surface area (Å²) in [7, 11) is 5.23. The number of benzene rings is 1. The Morgan fingerprint density at radius 1 is 1.25 bits per heavy atom. The van der Waals surface area contributed by atoms with Crippen LogP contribution >= 0.6 is 0 Å². The second-order valence-corrected chi connectivity index (χ2v) is 6.24. The van der Waals surface area contributed by atoms with E-state index >= 15 is 0 Å². The second-order valence-electron chi connectivity index (χ2n) is 6.24. The van der Waals surface area contributed by atoms with Crippen LogP contribution in [0, 0.1) is 0 Å². The molecule has 1 aliphatic heterocycles. The fourth-order valence-corrected chi connectivity index (χ4v) is 3.42. The molecule has 6 heteroatoms. The number of aliphatic hydroxyl groups excluding tert-OH is 1. The molecule has 2 aromatic rings. The van der Waals surface area contributed by atoms with Gasteiger partial charge in [0.15, 0.2) is 0 Å². The highest BCUT2D eigenvalue weighted by atomic mass is 16.5. The number of fused-ring (bicyclic) bond motifs is 1. The van der Waals surface area contributed by atoms with E-state index < -0.39 is 6.10 Å². The van der Waals surface area contributed by atoms with Crippen LogP contribution in [0.1, 0.15) is 29.2 Å². The van der Waals surface area contributed by atoms with E-state index in [1.54, 1.807) is 14.2 Å². The van der Waals surface area contributed by atoms with Crippen molar-refractivity contribution in [2.75, 3.05) is 27.3 Å². The number of nitrogens with zero attached hydrogens (tertiary/aromatic N) is 3. The van der Waals surface area contributed by atoms with Crippen molar-refractivity contribution in [1.29, 1.82) is 0 Å². The number of hydrogen-bond acceptors (Lipinski definition) is 5. The van der Waals surface area contributed by atoms with Crippen LogP contribution in [0.2, 0.25) is 0 Å². The predicted octanol–water partition coefficient (Wildman–Crippen LogP) is 1.92. The molecule has 0 saturated carbocycles. The van der Waals surface area contributed by atoms with E-state index in [2.05, 4.69) is 10.00 Å².